The summed E-state index contributed by atoms with van der Waals surface area (Å²) in [6.07, 6.45) is 5.82. The van der Waals surface area contributed by atoms with Gasteiger partial charge < -0.3 is 0 Å². The van der Waals surface area contributed by atoms with Crippen molar-refractivity contribution in [3.8, 4) is 0 Å². The van der Waals surface area contributed by atoms with Crippen LogP contribution in [0.2, 0.25) is 0 Å². The van der Waals surface area contributed by atoms with Crippen LogP contribution in [-0.2, 0) is 16.0 Å². The number of unbranched alkanes of at least 4 members (excludes halogenated alkanes) is 2. The van der Waals surface area contributed by atoms with Gasteiger partial charge in [-0.25, -0.2) is 25.9 Å². The van der Waals surface area contributed by atoms with Gasteiger partial charge in [-0.15, -0.1) is 0 Å². The number of hydrogen-bond acceptors (Lipinski definition) is 6. The number of carbonyl (C=O) groups is 2. The van der Waals surface area contributed by atoms with Crippen LogP contribution in [0.5, 0.6) is 0 Å². The van der Waals surface area contributed by atoms with Crippen LogP contribution >= 0.6 is 0 Å². The lowest BCUT2D eigenvalue weighted by molar-refractivity contribution is -0.154. The Bertz CT molecular complexity index is 512. The maximum Gasteiger partial charge on any atom is 0.248 e. The highest BCUT2D eigenvalue weighted by Gasteiger charge is 2.26. The summed E-state index contributed by atoms with van der Waals surface area (Å²) < 4.78 is 0. The predicted octanol–water partition coefficient (Wildman–Crippen LogP) is 1.29. The van der Waals surface area contributed by atoms with E-state index in [1.54, 1.807) is 12.3 Å². The van der Waals surface area contributed by atoms with Gasteiger partial charge in [0.05, 0.1) is 12.5 Å². The Kier molecular flexibility index (Phi) is 8.14. The minimum atomic E-state index is -0.601. The minimum absolute atomic E-state index is 0.104. The molecular formula is C15H25N5O3. The van der Waals surface area contributed by atoms with Gasteiger partial charge in [0.15, 0.2) is 0 Å². The molecule has 0 saturated heterocycles. The highest BCUT2D eigenvalue weighted by molar-refractivity contribution is 5.92. The summed E-state index contributed by atoms with van der Waals surface area (Å²) in [6.45, 7) is 3.89. The van der Waals surface area contributed by atoms with Crippen LogP contribution in [0.3, 0.4) is 0 Å². The molecule has 0 unspecified atom stereocenters. The first kappa shape index (κ1) is 19.0. The fourth-order valence-electron chi connectivity index (χ4n) is 2.20. The lowest BCUT2D eigenvalue weighted by atomic mass is 10.00. The van der Waals surface area contributed by atoms with Crippen LogP contribution in [0.1, 0.15) is 45.2 Å². The SMILES string of the molecule is CCCCC[C@H](CN(O)C=O)C(=O)N(N)c1nccc(CC)n1. The highest BCUT2D eigenvalue weighted by Crippen LogP contribution is 2.16. The molecule has 0 bridgehead atoms. The Morgan fingerprint density at radius 3 is 2.78 bits per heavy atom. The van der Waals surface area contributed by atoms with E-state index in [9.17, 15) is 14.8 Å². The predicted molar refractivity (Wildman–Crippen MR) is 85.3 cm³/mol. The Labute approximate surface area is 136 Å². The molecule has 0 radical (unpaired) electrons. The summed E-state index contributed by atoms with van der Waals surface area (Å²) in [5.41, 5.74) is 0.775. The van der Waals surface area contributed by atoms with Crippen LogP contribution in [0.4, 0.5) is 5.95 Å². The number of hydrazine groups is 1. The van der Waals surface area contributed by atoms with Gasteiger partial charge in [-0.05, 0) is 18.9 Å². The maximum atomic E-state index is 12.6. The summed E-state index contributed by atoms with van der Waals surface area (Å²) in [7, 11) is 0. The first-order valence-corrected chi connectivity index (χ1v) is 7.84. The monoisotopic (exact) mass is 323 g/mol. The van der Waals surface area contributed by atoms with Gasteiger partial charge >= 0.3 is 0 Å². The number of amides is 2. The van der Waals surface area contributed by atoms with Crippen LogP contribution in [0, 0.1) is 5.92 Å². The van der Waals surface area contributed by atoms with Gasteiger partial charge in [0.1, 0.15) is 0 Å². The third-order valence-corrected chi connectivity index (χ3v) is 3.55. The topological polar surface area (TPSA) is 113 Å². The van der Waals surface area contributed by atoms with E-state index < -0.39 is 11.8 Å². The number of carbonyl (C=O) groups excluding carboxylic acids is 2. The molecule has 1 atom stereocenters. The molecule has 23 heavy (non-hydrogen) atoms. The van der Waals surface area contributed by atoms with Crippen molar-refractivity contribution in [3.05, 3.63) is 18.0 Å². The third kappa shape index (κ3) is 5.91. The highest BCUT2D eigenvalue weighted by atomic mass is 16.5. The number of anilines is 1. The zero-order valence-corrected chi connectivity index (χ0v) is 13.7. The van der Waals surface area contributed by atoms with E-state index >= 15 is 0 Å². The van der Waals surface area contributed by atoms with E-state index in [0.717, 1.165) is 30.0 Å². The molecule has 1 rings (SSSR count). The second-order valence-electron chi connectivity index (χ2n) is 5.33. The molecule has 0 spiro atoms. The number of aromatic nitrogens is 2. The Morgan fingerprint density at radius 2 is 2.17 bits per heavy atom. The standard InChI is InChI=1S/C15H25N5O3/c1-3-5-6-7-12(10-19(23)11-21)14(22)20(16)15-17-9-8-13(4-2)18-15/h8-9,11-12,23H,3-7,10,16H2,1-2H3/t12-/m1/s1. The minimum Gasteiger partial charge on any atom is -0.286 e. The molecule has 0 saturated carbocycles. The van der Waals surface area contributed by atoms with Gasteiger partial charge in [-0.1, -0.05) is 33.1 Å². The number of nitrogens with two attached hydrogens (primary N) is 1. The molecule has 128 valence electrons. The molecule has 1 aromatic rings. The van der Waals surface area contributed by atoms with Crippen molar-refractivity contribution in [2.75, 3.05) is 11.6 Å². The quantitative estimate of drug-likeness (QED) is 0.167. The van der Waals surface area contributed by atoms with E-state index in [0.29, 0.717) is 17.9 Å². The summed E-state index contributed by atoms with van der Waals surface area (Å²) in [5, 5.41) is 10.8. The number of hydrogen-bond donors (Lipinski definition) is 2. The fraction of sp³-hybridized carbons (Fsp3) is 0.600. The lowest BCUT2D eigenvalue weighted by Gasteiger charge is -2.23. The van der Waals surface area contributed by atoms with Crippen molar-refractivity contribution in [3.63, 3.8) is 0 Å². The zero-order valence-electron chi connectivity index (χ0n) is 13.7. The van der Waals surface area contributed by atoms with Gasteiger partial charge in [0.25, 0.3) is 0 Å². The number of hydroxylamine groups is 2. The molecule has 1 heterocycles. The van der Waals surface area contributed by atoms with Crippen molar-refractivity contribution in [2.24, 2.45) is 11.8 Å². The first-order chi connectivity index (χ1) is 11.0. The third-order valence-electron chi connectivity index (χ3n) is 3.55. The molecule has 2 amide bonds. The van der Waals surface area contributed by atoms with E-state index in [2.05, 4.69) is 16.9 Å². The smallest absolute Gasteiger partial charge is 0.248 e. The fourth-order valence-corrected chi connectivity index (χ4v) is 2.20. The molecule has 0 fully saturated rings. The molecular weight excluding hydrogens is 298 g/mol. The van der Waals surface area contributed by atoms with Crippen LogP contribution in [0.15, 0.2) is 12.3 Å². The van der Waals surface area contributed by atoms with Gasteiger partial charge in [-0.2, -0.15) is 0 Å². The number of nitrogens with zero attached hydrogens (tertiary/aromatic N) is 4. The molecule has 8 heteroatoms. The van der Waals surface area contributed by atoms with Crippen LogP contribution < -0.4 is 10.9 Å². The molecule has 0 aliphatic carbocycles. The molecule has 1 aromatic heterocycles. The first-order valence-electron chi connectivity index (χ1n) is 7.84. The van der Waals surface area contributed by atoms with Crippen LogP contribution in [0.25, 0.3) is 0 Å². The largest absolute Gasteiger partial charge is 0.286 e. The van der Waals surface area contributed by atoms with E-state index in [1.807, 2.05) is 6.92 Å². The second kappa shape index (κ2) is 9.86. The van der Waals surface area contributed by atoms with Crippen LogP contribution in [-0.4, -0.2) is 39.1 Å². The van der Waals surface area contributed by atoms with Crippen molar-refractivity contribution in [2.45, 2.75) is 46.0 Å². The van der Waals surface area contributed by atoms with E-state index in [-0.39, 0.29) is 18.9 Å². The summed E-state index contributed by atoms with van der Waals surface area (Å²) >= 11 is 0. The van der Waals surface area contributed by atoms with Crippen molar-refractivity contribution >= 4 is 18.3 Å². The average molecular weight is 323 g/mol. The maximum absolute atomic E-state index is 12.6. The second-order valence-corrected chi connectivity index (χ2v) is 5.33. The van der Waals surface area contributed by atoms with Gasteiger partial charge in [-0.3, -0.25) is 14.8 Å². The molecule has 3 N–H and O–H groups in total. The summed E-state index contributed by atoms with van der Waals surface area (Å²) in [6, 6.07) is 1.75. The number of rotatable bonds is 10. The normalized spacial score (nSPS) is 11.8. The zero-order chi connectivity index (χ0) is 17.2. The van der Waals surface area contributed by atoms with Crippen molar-refractivity contribution in [1.82, 2.24) is 15.0 Å². The number of aryl methyl sites for hydroxylation is 1. The van der Waals surface area contributed by atoms with E-state index in [1.165, 1.54) is 0 Å². The van der Waals surface area contributed by atoms with Crippen molar-refractivity contribution < 1.29 is 14.8 Å². The summed E-state index contributed by atoms with van der Waals surface area (Å²) in [5.74, 6) is 4.95. The van der Waals surface area contributed by atoms with Gasteiger partial charge in [0.2, 0.25) is 18.3 Å². The Morgan fingerprint density at radius 1 is 1.43 bits per heavy atom. The molecule has 0 aliphatic rings. The Hall–Kier alpha value is -2.06. The molecule has 0 aliphatic heterocycles. The van der Waals surface area contributed by atoms with Gasteiger partial charge in [0, 0.05) is 11.9 Å². The molecule has 8 nitrogen and oxygen atoms in total. The van der Waals surface area contributed by atoms with Crippen molar-refractivity contribution in [1.29, 1.82) is 0 Å². The van der Waals surface area contributed by atoms with E-state index in [4.69, 9.17) is 5.84 Å². The average Bonchev–Trinajstić information content (AvgIpc) is 2.59. The molecule has 0 aromatic carbocycles. The Balaban J connectivity index is 2.85. The lowest BCUT2D eigenvalue weighted by Crippen LogP contribution is -2.45. The summed E-state index contributed by atoms with van der Waals surface area (Å²) in [4.78, 5) is 31.4.